The van der Waals surface area contributed by atoms with Crippen LogP contribution in [0.2, 0.25) is 0 Å². The van der Waals surface area contributed by atoms with Crippen molar-refractivity contribution in [2.45, 2.75) is 19.3 Å². The van der Waals surface area contributed by atoms with Crippen molar-refractivity contribution in [3.63, 3.8) is 0 Å². The number of allylic oxidation sites excluding steroid dienone is 2. The molecule has 0 N–H and O–H groups in total. The molecule has 0 spiro atoms. The minimum atomic E-state index is 0.402. The summed E-state index contributed by atoms with van der Waals surface area (Å²) in [5.74, 6) is 3.70. The van der Waals surface area contributed by atoms with Gasteiger partial charge in [-0.25, -0.2) is 0 Å². The van der Waals surface area contributed by atoms with E-state index in [9.17, 15) is 4.79 Å². The fourth-order valence-corrected chi connectivity index (χ4v) is 3.75. The van der Waals surface area contributed by atoms with Crippen molar-refractivity contribution in [1.82, 2.24) is 0 Å². The predicted molar refractivity (Wildman–Crippen MR) is 46.5 cm³/mol. The molecule has 0 saturated heterocycles. The zero-order chi connectivity index (χ0) is 8.13. The maximum absolute atomic E-state index is 10.8. The van der Waals surface area contributed by atoms with Crippen molar-refractivity contribution in [2.75, 3.05) is 0 Å². The molecule has 5 atom stereocenters. The van der Waals surface area contributed by atoms with E-state index in [1.165, 1.54) is 25.5 Å². The summed E-state index contributed by atoms with van der Waals surface area (Å²) in [6, 6.07) is 0. The Morgan fingerprint density at radius 2 is 2.17 bits per heavy atom. The van der Waals surface area contributed by atoms with Gasteiger partial charge in [0.05, 0.1) is 0 Å². The fraction of sp³-hybridized carbons (Fsp3) is 0.727. The fourth-order valence-electron chi connectivity index (χ4n) is 3.75. The van der Waals surface area contributed by atoms with E-state index in [1.807, 2.05) is 0 Å². The molecule has 64 valence electrons. The summed E-state index contributed by atoms with van der Waals surface area (Å²) in [5, 5.41) is 0. The smallest absolute Gasteiger partial charge is 0.123 e. The molecule has 0 amide bonds. The lowest BCUT2D eigenvalue weighted by Gasteiger charge is -2.27. The van der Waals surface area contributed by atoms with Crippen molar-refractivity contribution >= 4 is 6.29 Å². The van der Waals surface area contributed by atoms with Crippen LogP contribution >= 0.6 is 0 Å². The van der Waals surface area contributed by atoms with E-state index in [0.717, 1.165) is 23.7 Å². The van der Waals surface area contributed by atoms with Crippen LogP contribution in [0.3, 0.4) is 0 Å². The minimum Gasteiger partial charge on any atom is -0.303 e. The van der Waals surface area contributed by atoms with Gasteiger partial charge in [-0.2, -0.15) is 0 Å². The van der Waals surface area contributed by atoms with Crippen molar-refractivity contribution in [1.29, 1.82) is 0 Å². The van der Waals surface area contributed by atoms with Crippen molar-refractivity contribution in [3.05, 3.63) is 12.2 Å². The van der Waals surface area contributed by atoms with E-state index in [-0.39, 0.29) is 0 Å². The zero-order valence-electron chi connectivity index (χ0n) is 7.15. The summed E-state index contributed by atoms with van der Waals surface area (Å²) in [7, 11) is 0. The topological polar surface area (TPSA) is 17.1 Å². The van der Waals surface area contributed by atoms with Crippen LogP contribution in [0.15, 0.2) is 12.2 Å². The Bertz CT molecular complexity index is 243. The summed E-state index contributed by atoms with van der Waals surface area (Å²) in [5.41, 5.74) is 0. The van der Waals surface area contributed by atoms with Crippen LogP contribution in [-0.2, 0) is 4.79 Å². The van der Waals surface area contributed by atoms with Crippen LogP contribution in [0.1, 0.15) is 19.3 Å². The molecule has 0 aliphatic heterocycles. The van der Waals surface area contributed by atoms with Gasteiger partial charge in [-0.3, -0.25) is 0 Å². The average molecular weight is 162 g/mol. The van der Waals surface area contributed by atoms with Crippen LogP contribution in [0.5, 0.6) is 0 Å². The second-order valence-corrected chi connectivity index (χ2v) is 4.60. The first-order valence-corrected chi connectivity index (χ1v) is 5.02. The maximum atomic E-state index is 10.8. The van der Waals surface area contributed by atoms with E-state index in [2.05, 4.69) is 12.2 Å². The molecule has 0 aromatic carbocycles. The Balaban J connectivity index is 1.91. The molecule has 3 aliphatic rings. The lowest BCUT2D eigenvalue weighted by molar-refractivity contribution is -0.113. The second-order valence-electron chi connectivity index (χ2n) is 4.60. The third kappa shape index (κ3) is 0.675. The first-order valence-electron chi connectivity index (χ1n) is 5.02. The quantitative estimate of drug-likeness (QED) is 0.426. The molecule has 0 aromatic heterocycles. The lowest BCUT2D eigenvalue weighted by atomic mass is 9.76. The standard InChI is InChI=1S/C11H14O/c12-6-8-4-7-5-11(8)10-3-1-2-9(7)10/h1,3,6-11H,2,4-5H2/t7-,8+,9-,10-,11+/m1/s1. The molecule has 1 nitrogen and oxygen atoms in total. The summed E-state index contributed by atoms with van der Waals surface area (Å²) >= 11 is 0. The molecule has 3 rings (SSSR count). The van der Waals surface area contributed by atoms with Gasteiger partial charge in [0.2, 0.25) is 0 Å². The summed E-state index contributed by atoms with van der Waals surface area (Å²) in [4.78, 5) is 10.8. The van der Waals surface area contributed by atoms with Gasteiger partial charge in [0.25, 0.3) is 0 Å². The van der Waals surface area contributed by atoms with E-state index < -0.39 is 0 Å². The molecule has 0 radical (unpaired) electrons. The molecule has 0 aromatic rings. The Hall–Kier alpha value is -0.590. The van der Waals surface area contributed by atoms with Gasteiger partial charge in [-0.05, 0) is 42.9 Å². The first-order chi connectivity index (χ1) is 5.90. The van der Waals surface area contributed by atoms with E-state index in [1.54, 1.807) is 0 Å². The molecule has 2 bridgehead atoms. The molecular weight excluding hydrogens is 148 g/mol. The zero-order valence-corrected chi connectivity index (χ0v) is 7.15. The Morgan fingerprint density at radius 3 is 3.00 bits per heavy atom. The van der Waals surface area contributed by atoms with Gasteiger partial charge in [0.1, 0.15) is 6.29 Å². The molecule has 3 aliphatic carbocycles. The van der Waals surface area contributed by atoms with Crippen LogP contribution < -0.4 is 0 Å². The molecule has 1 heteroatoms. The van der Waals surface area contributed by atoms with Crippen LogP contribution in [0.25, 0.3) is 0 Å². The Labute approximate surface area is 72.8 Å². The number of hydrogen-bond acceptors (Lipinski definition) is 1. The highest BCUT2D eigenvalue weighted by atomic mass is 16.1. The number of carbonyl (C=O) groups excluding carboxylic acids is 1. The second kappa shape index (κ2) is 2.21. The Morgan fingerprint density at radius 1 is 1.25 bits per heavy atom. The van der Waals surface area contributed by atoms with Crippen molar-refractivity contribution in [3.8, 4) is 0 Å². The van der Waals surface area contributed by atoms with Gasteiger partial charge in [0.15, 0.2) is 0 Å². The molecule has 0 heterocycles. The van der Waals surface area contributed by atoms with Gasteiger partial charge in [-0.1, -0.05) is 12.2 Å². The summed E-state index contributed by atoms with van der Waals surface area (Å²) in [6.07, 6.45) is 9.71. The third-order valence-corrected chi connectivity index (χ3v) is 4.24. The molecule has 12 heavy (non-hydrogen) atoms. The van der Waals surface area contributed by atoms with E-state index >= 15 is 0 Å². The lowest BCUT2D eigenvalue weighted by Crippen LogP contribution is -2.24. The number of rotatable bonds is 1. The number of hydrogen-bond donors (Lipinski definition) is 0. The largest absolute Gasteiger partial charge is 0.303 e. The molecule has 2 saturated carbocycles. The van der Waals surface area contributed by atoms with Crippen molar-refractivity contribution < 1.29 is 4.79 Å². The van der Waals surface area contributed by atoms with E-state index in [4.69, 9.17) is 0 Å². The molecular formula is C11H14O. The van der Waals surface area contributed by atoms with Crippen LogP contribution in [-0.4, -0.2) is 6.29 Å². The molecule has 2 fully saturated rings. The van der Waals surface area contributed by atoms with Gasteiger partial charge >= 0.3 is 0 Å². The highest BCUT2D eigenvalue weighted by molar-refractivity contribution is 5.55. The molecule has 0 unspecified atom stereocenters. The summed E-state index contributed by atoms with van der Waals surface area (Å²) < 4.78 is 0. The minimum absolute atomic E-state index is 0.402. The predicted octanol–water partition coefficient (Wildman–Crippen LogP) is 2.03. The highest BCUT2D eigenvalue weighted by Gasteiger charge is 2.52. The summed E-state index contributed by atoms with van der Waals surface area (Å²) in [6.45, 7) is 0. The van der Waals surface area contributed by atoms with Gasteiger partial charge < -0.3 is 4.79 Å². The van der Waals surface area contributed by atoms with Crippen molar-refractivity contribution in [2.24, 2.45) is 29.6 Å². The number of carbonyl (C=O) groups is 1. The average Bonchev–Trinajstić information content (AvgIpc) is 2.75. The van der Waals surface area contributed by atoms with Gasteiger partial charge in [0, 0.05) is 5.92 Å². The van der Waals surface area contributed by atoms with Crippen LogP contribution in [0.4, 0.5) is 0 Å². The van der Waals surface area contributed by atoms with Gasteiger partial charge in [-0.15, -0.1) is 0 Å². The highest BCUT2D eigenvalue weighted by Crippen LogP contribution is 2.58. The normalized spacial score (nSPS) is 54.5. The van der Waals surface area contributed by atoms with Crippen LogP contribution in [0, 0.1) is 29.6 Å². The SMILES string of the molecule is O=C[C@@H]1C[C@@H]2C[C@@H]1[C@@H]1C=CC[C@H]21. The number of fused-ring (bicyclic) bond motifs is 5. The monoisotopic (exact) mass is 162 g/mol. The first kappa shape index (κ1) is 6.88. The maximum Gasteiger partial charge on any atom is 0.123 e. The third-order valence-electron chi connectivity index (χ3n) is 4.24. The Kier molecular flexibility index (Phi) is 1.27. The van der Waals surface area contributed by atoms with E-state index in [0.29, 0.717) is 5.92 Å². The number of aldehydes is 1.